The molecule has 0 heterocycles. The highest BCUT2D eigenvalue weighted by atomic mass is 31.2. The monoisotopic (exact) mass is 804 g/mol. The zero-order chi connectivity index (χ0) is 40.3. The molecular weight excluding hydrogens is 713 g/mol. The first-order valence-corrected chi connectivity index (χ1v) is 25.0. The smallest absolute Gasteiger partial charge is 0.462 e. The van der Waals surface area contributed by atoms with Crippen LogP contribution in [0.2, 0.25) is 0 Å². The van der Waals surface area contributed by atoms with Crippen molar-refractivity contribution in [3.8, 4) is 0 Å². The molecule has 0 radical (unpaired) electrons. The molecule has 0 aliphatic heterocycles. The first-order valence-electron chi connectivity index (χ1n) is 23.5. The standard InChI is InChI=1S/C45H90NO8P/c1-3-5-7-9-11-13-15-17-18-19-20-21-22-23-24-26-28-30-32-34-36-38-45(48)54-43(42-53-55(49,50)52-40-39-46)41-51-44(47)37-35-33-31-29-27-25-16-14-12-10-8-6-4-2/h43H,3-42,46H2,1-2H3,(H,49,50)/t43-/m1/s1. The Morgan fingerprint density at radius 3 is 1.11 bits per heavy atom. The van der Waals surface area contributed by atoms with Crippen molar-refractivity contribution in [1.82, 2.24) is 0 Å². The highest BCUT2D eigenvalue weighted by Crippen LogP contribution is 2.43. The minimum Gasteiger partial charge on any atom is -0.462 e. The highest BCUT2D eigenvalue weighted by Gasteiger charge is 2.26. The molecule has 0 amide bonds. The van der Waals surface area contributed by atoms with Crippen LogP contribution in [-0.4, -0.2) is 49.3 Å². The van der Waals surface area contributed by atoms with Gasteiger partial charge < -0.3 is 20.1 Å². The lowest BCUT2D eigenvalue weighted by Gasteiger charge is -2.19. The summed E-state index contributed by atoms with van der Waals surface area (Å²) in [5.41, 5.74) is 5.35. The predicted octanol–water partition coefficient (Wildman–Crippen LogP) is 13.6. The molecule has 9 nitrogen and oxygen atoms in total. The van der Waals surface area contributed by atoms with Gasteiger partial charge in [-0.15, -0.1) is 0 Å². The van der Waals surface area contributed by atoms with Gasteiger partial charge in [0.2, 0.25) is 0 Å². The molecule has 0 aliphatic carbocycles. The van der Waals surface area contributed by atoms with Crippen LogP contribution in [-0.2, 0) is 32.7 Å². The first kappa shape index (κ1) is 54.0. The number of rotatable bonds is 45. The second kappa shape index (κ2) is 42.6. The van der Waals surface area contributed by atoms with Crippen molar-refractivity contribution in [2.24, 2.45) is 5.73 Å². The van der Waals surface area contributed by atoms with Crippen LogP contribution < -0.4 is 5.73 Å². The third-order valence-electron chi connectivity index (χ3n) is 10.5. The molecule has 0 spiro atoms. The van der Waals surface area contributed by atoms with Crippen molar-refractivity contribution in [1.29, 1.82) is 0 Å². The summed E-state index contributed by atoms with van der Waals surface area (Å²) in [6.07, 6.45) is 42.8. The Morgan fingerprint density at radius 2 is 0.782 bits per heavy atom. The fourth-order valence-corrected chi connectivity index (χ4v) is 7.76. The first-order chi connectivity index (χ1) is 26.8. The summed E-state index contributed by atoms with van der Waals surface area (Å²) in [6, 6.07) is 0. The van der Waals surface area contributed by atoms with Crippen LogP contribution in [0.15, 0.2) is 0 Å². The van der Waals surface area contributed by atoms with Gasteiger partial charge in [0.1, 0.15) is 6.61 Å². The Hall–Kier alpha value is -0.990. The molecule has 0 aliphatic rings. The molecule has 328 valence electrons. The molecule has 0 fully saturated rings. The van der Waals surface area contributed by atoms with E-state index in [1.165, 1.54) is 180 Å². The van der Waals surface area contributed by atoms with E-state index in [0.717, 1.165) is 32.1 Å². The van der Waals surface area contributed by atoms with Crippen molar-refractivity contribution >= 4 is 19.8 Å². The van der Waals surface area contributed by atoms with E-state index in [-0.39, 0.29) is 38.6 Å². The van der Waals surface area contributed by atoms with Crippen molar-refractivity contribution in [3.63, 3.8) is 0 Å². The van der Waals surface area contributed by atoms with Gasteiger partial charge in [0.15, 0.2) is 6.10 Å². The predicted molar refractivity (Wildman–Crippen MR) is 229 cm³/mol. The summed E-state index contributed by atoms with van der Waals surface area (Å²) in [5.74, 6) is -0.811. The van der Waals surface area contributed by atoms with E-state index in [0.29, 0.717) is 6.42 Å². The van der Waals surface area contributed by atoms with Crippen molar-refractivity contribution in [2.75, 3.05) is 26.4 Å². The summed E-state index contributed by atoms with van der Waals surface area (Å²) in [4.78, 5) is 34.9. The normalized spacial score (nSPS) is 13.2. The maximum absolute atomic E-state index is 12.6. The molecule has 0 aromatic rings. The second-order valence-corrected chi connectivity index (χ2v) is 17.4. The molecule has 55 heavy (non-hydrogen) atoms. The number of hydrogen-bond donors (Lipinski definition) is 2. The lowest BCUT2D eigenvalue weighted by atomic mass is 10.0. The van der Waals surface area contributed by atoms with Gasteiger partial charge >= 0.3 is 19.8 Å². The fraction of sp³-hybridized carbons (Fsp3) is 0.956. The number of unbranched alkanes of at least 4 members (excludes halogenated alkanes) is 32. The average Bonchev–Trinajstić information content (AvgIpc) is 3.17. The third kappa shape index (κ3) is 42.4. The van der Waals surface area contributed by atoms with Crippen molar-refractivity contribution in [2.45, 2.75) is 251 Å². The van der Waals surface area contributed by atoms with Gasteiger partial charge in [0, 0.05) is 19.4 Å². The number of phosphoric acid groups is 1. The highest BCUT2D eigenvalue weighted by molar-refractivity contribution is 7.47. The van der Waals surface area contributed by atoms with E-state index in [4.69, 9.17) is 24.3 Å². The lowest BCUT2D eigenvalue weighted by Crippen LogP contribution is -2.29. The zero-order valence-corrected chi connectivity index (χ0v) is 37.1. The van der Waals surface area contributed by atoms with Gasteiger partial charge in [-0.3, -0.25) is 18.6 Å². The molecule has 0 aromatic heterocycles. The molecular formula is C45H90NO8P. The number of hydrogen-bond acceptors (Lipinski definition) is 8. The summed E-state index contributed by atoms with van der Waals surface area (Å²) in [7, 11) is -4.37. The molecule has 0 saturated carbocycles. The van der Waals surface area contributed by atoms with E-state index in [9.17, 15) is 19.0 Å². The minimum atomic E-state index is -4.37. The average molecular weight is 804 g/mol. The van der Waals surface area contributed by atoms with E-state index in [2.05, 4.69) is 13.8 Å². The van der Waals surface area contributed by atoms with Gasteiger partial charge in [0.25, 0.3) is 0 Å². The van der Waals surface area contributed by atoms with E-state index >= 15 is 0 Å². The lowest BCUT2D eigenvalue weighted by molar-refractivity contribution is -0.161. The SMILES string of the molecule is CCCCCCCCCCCCCCCCCCCCCCCC(=O)O[C@H](COC(=O)CCCCCCCCCCCCCCC)COP(=O)(O)OCCN. The summed E-state index contributed by atoms with van der Waals surface area (Å²) in [6.45, 7) is 3.78. The number of ether oxygens (including phenoxy) is 2. The fourth-order valence-electron chi connectivity index (χ4n) is 6.99. The molecule has 1 unspecified atom stereocenters. The summed E-state index contributed by atoms with van der Waals surface area (Å²) < 4.78 is 32.8. The largest absolute Gasteiger partial charge is 0.472 e. The molecule has 0 bridgehead atoms. The van der Waals surface area contributed by atoms with Crippen LogP contribution in [0.3, 0.4) is 0 Å². The van der Waals surface area contributed by atoms with Gasteiger partial charge in [0.05, 0.1) is 13.2 Å². The zero-order valence-electron chi connectivity index (χ0n) is 36.2. The van der Waals surface area contributed by atoms with Gasteiger partial charge in [-0.05, 0) is 12.8 Å². The molecule has 0 saturated heterocycles. The molecule has 0 aromatic carbocycles. The maximum atomic E-state index is 12.6. The number of carbonyl (C=O) groups is 2. The molecule has 3 N–H and O–H groups in total. The van der Waals surface area contributed by atoms with Crippen LogP contribution in [0.25, 0.3) is 0 Å². The summed E-state index contributed by atoms with van der Waals surface area (Å²) >= 11 is 0. The Balaban J connectivity index is 4.01. The number of nitrogens with two attached hydrogens (primary N) is 1. The second-order valence-electron chi connectivity index (χ2n) is 16.0. The number of esters is 2. The van der Waals surface area contributed by atoms with E-state index in [1.807, 2.05) is 0 Å². The molecule has 10 heteroatoms. The number of carbonyl (C=O) groups excluding carboxylic acids is 2. The third-order valence-corrected chi connectivity index (χ3v) is 11.5. The summed E-state index contributed by atoms with van der Waals surface area (Å²) in [5, 5.41) is 0. The van der Waals surface area contributed by atoms with Crippen LogP contribution in [0.4, 0.5) is 0 Å². The maximum Gasteiger partial charge on any atom is 0.472 e. The Kier molecular flexibility index (Phi) is 41.8. The van der Waals surface area contributed by atoms with Crippen LogP contribution in [0.5, 0.6) is 0 Å². The Bertz CT molecular complexity index is 876. The van der Waals surface area contributed by atoms with Gasteiger partial charge in [-0.25, -0.2) is 4.57 Å². The van der Waals surface area contributed by atoms with E-state index in [1.54, 1.807) is 0 Å². The van der Waals surface area contributed by atoms with Gasteiger partial charge in [-0.1, -0.05) is 219 Å². The van der Waals surface area contributed by atoms with Gasteiger partial charge in [-0.2, -0.15) is 0 Å². The number of phosphoric ester groups is 1. The van der Waals surface area contributed by atoms with Crippen LogP contribution in [0.1, 0.15) is 245 Å². The van der Waals surface area contributed by atoms with Crippen molar-refractivity contribution in [3.05, 3.63) is 0 Å². The Morgan fingerprint density at radius 1 is 0.473 bits per heavy atom. The minimum absolute atomic E-state index is 0.0582. The quantitative estimate of drug-likeness (QED) is 0.0350. The molecule has 2 atom stereocenters. The topological polar surface area (TPSA) is 134 Å². The molecule has 0 rings (SSSR count). The van der Waals surface area contributed by atoms with Crippen LogP contribution in [0, 0.1) is 0 Å². The Labute approximate surface area is 339 Å². The van der Waals surface area contributed by atoms with Crippen molar-refractivity contribution < 1.29 is 37.6 Å². The van der Waals surface area contributed by atoms with E-state index < -0.39 is 26.5 Å². The van der Waals surface area contributed by atoms with Crippen LogP contribution >= 0.6 is 7.82 Å².